The number of hydrogen-bond acceptors (Lipinski definition) is 6. The van der Waals surface area contributed by atoms with Crippen LogP contribution >= 0.6 is 35.2 Å². The van der Waals surface area contributed by atoms with Gasteiger partial charge in [0.05, 0.1) is 10.6 Å². The van der Waals surface area contributed by atoms with Gasteiger partial charge in [0, 0.05) is 11.6 Å². The molecule has 1 aromatic carbocycles. The number of nitrogens with zero attached hydrogens (tertiary/aromatic N) is 3. The molecule has 1 amide bonds. The number of thiazole rings is 1. The normalized spacial score (nSPS) is 10.7. The van der Waals surface area contributed by atoms with Gasteiger partial charge in [-0.05, 0) is 49.8 Å². The number of amides is 1. The third-order valence-corrected chi connectivity index (χ3v) is 5.43. The van der Waals surface area contributed by atoms with Crippen molar-refractivity contribution in [3.63, 3.8) is 0 Å². The van der Waals surface area contributed by atoms with Gasteiger partial charge >= 0.3 is 0 Å². The van der Waals surface area contributed by atoms with Crippen molar-refractivity contribution in [2.75, 3.05) is 11.9 Å². The number of anilines is 1. The van der Waals surface area contributed by atoms with Crippen molar-refractivity contribution in [1.29, 1.82) is 0 Å². The molecule has 3 aromatic rings. The largest absolute Gasteiger partial charge is 0.483 e. The molecule has 2 heterocycles. The van der Waals surface area contributed by atoms with Crippen molar-refractivity contribution >= 4 is 46.2 Å². The average Bonchev–Trinajstić information content (AvgIpc) is 3.17. The van der Waals surface area contributed by atoms with Crippen LogP contribution in [0, 0.1) is 18.6 Å². The average molecular weight is 436 g/mol. The smallest absolute Gasteiger partial charge is 0.264 e. The van der Waals surface area contributed by atoms with Gasteiger partial charge in [0.15, 0.2) is 22.3 Å². The summed E-state index contributed by atoms with van der Waals surface area (Å²) in [6, 6.07) is 5.23. The fraction of sp³-hybridized carbons (Fsp3) is 0.222. The molecule has 0 radical (unpaired) electrons. The molecule has 0 unspecified atom stereocenters. The highest BCUT2D eigenvalue weighted by Crippen LogP contribution is 2.31. The van der Waals surface area contributed by atoms with Crippen LogP contribution in [-0.2, 0) is 11.3 Å². The van der Waals surface area contributed by atoms with E-state index in [0.717, 1.165) is 16.1 Å². The van der Waals surface area contributed by atoms with Crippen LogP contribution in [-0.4, -0.2) is 32.3 Å². The molecule has 2 aromatic heterocycles. The predicted molar refractivity (Wildman–Crippen MR) is 114 cm³/mol. The molecule has 3 rings (SSSR count). The Morgan fingerprint density at radius 1 is 1.50 bits per heavy atom. The Balaban J connectivity index is 1.70. The lowest BCUT2D eigenvalue weighted by Gasteiger charge is -2.08. The van der Waals surface area contributed by atoms with Crippen LogP contribution in [0.5, 0.6) is 5.75 Å². The minimum atomic E-state index is -0.306. The number of ether oxygens (including phenoxy) is 1. The molecule has 0 fully saturated rings. The number of rotatable bonds is 7. The summed E-state index contributed by atoms with van der Waals surface area (Å²) in [5.41, 5.74) is 1.60. The molecule has 0 aliphatic heterocycles. The zero-order valence-electron chi connectivity index (χ0n) is 15.3. The minimum Gasteiger partial charge on any atom is -0.483 e. The molecule has 0 aliphatic rings. The van der Waals surface area contributed by atoms with Crippen LogP contribution in [0.15, 0.2) is 30.9 Å². The van der Waals surface area contributed by atoms with Crippen LogP contribution in [0.3, 0.4) is 0 Å². The van der Waals surface area contributed by atoms with E-state index >= 15 is 0 Å². The van der Waals surface area contributed by atoms with Gasteiger partial charge < -0.3 is 4.74 Å². The number of hydrogen-bond donors (Lipinski definition) is 2. The highest BCUT2D eigenvalue weighted by atomic mass is 35.5. The van der Waals surface area contributed by atoms with E-state index in [9.17, 15) is 4.79 Å². The Hall–Kier alpha value is -2.49. The monoisotopic (exact) mass is 435 g/mol. The van der Waals surface area contributed by atoms with Gasteiger partial charge in [0.25, 0.3) is 5.91 Å². The van der Waals surface area contributed by atoms with Gasteiger partial charge in [0.2, 0.25) is 0 Å². The first kappa shape index (κ1) is 20.2. The fourth-order valence-corrected chi connectivity index (χ4v) is 3.93. The van der Waals surface area contributed by atoms with Gasteiger partial charge in [-0.1, -0.05) is 29.0 Å². The number of aromatic nitrogens is 4. The number of aryl methyl sites for hydroxylation is 2. The lowest BCUT2D eigenvalue weighted by molar-refractivity contribution is -0.118. The Labute approximate surface area is 176 Å². The maximum absolute atomic E-state index is 12.2. The Kier molecular flexibility index (Phi) is 6.28. The molecule has 28 heavy (non-hydrogen) atoms. The summed E-state index contributed by atoms with van der Waals surface area (Å²) >= 11 is 12.5. The second-order valence-corrected chi connectivity index (χ2v) is 7.75. The van der Waals surface area contributed by atoms with Gasteiger partial charge in [-0.3, -0.25) is 19.8 Å². The number of aromatic amines is 1. The maximum atomic E-state index is 12.2. The predicted octanol–water partition coefficient (Wildman–Crippen LogP) is 4.54. The second-order valence-electron chi connectivity index (χ2n) is 5.93. The van der Waals surface area contributed by atoms with E-state index in [1.165, 1.54) is 11.3 Å². The second kappa shape index (κ2) is 8.68. The van der Waals surface area contributed by atoms with E-state index in [4.69, 9.17) is 28.6 Å². The van der Waals surface area contributed by atoms with Gasteiger partial charge in [-0.15, -0.1) is 6.58 Å². The fourth-order valence-electron chi connectivity index (χ4n) is 2.52. The summed E-state index contributed by atoms with van der Waals surface area (Å²) in [5, 5.41) is 10.9. The van der Waals surface area contributed by atoms with Crippen molar-refractivity contribution in [2.24, 2.45) is 0 Å². The van der Waals surface area contributed by atoms with Crippen LogP contribution < -0.4 is 10.1 Å². The van der Waals surface area contributed by atoms with E-state index < -0.39 is 0 Å². The van der Waals surface area contributed by atoms with Crippen LogP contribution in [0.4, 0.5) is 5.13 Å². The first-order valence-electron chi connectivity index (χ1n) is 8.31. The molecular formula is C18H18ClN5O2S2. The van der Waals surface area contributed by atoms with Gasteiger partial charge in [-0.2, -0.15) is 5.10 Å². The van der Waals surface area contributed by atoms with Crippen LogP contribution in [0.2, 0.25) is 5.02 Å². The number of benzene rings is 1. The summed E-state index contributed by atoms with van der Waals surface area (Å²) in [6.07, 6.45) is 1.74. The zero-order chi connectivity index (χ0) is 20.3. The quantitative estimate of drug-likeness (QED) is 0.420. The van der Waals surface area contributed by atoms with E-state index in [0.29, 0.717) is 33.0 Å². The molecule has 0 bridgehead atoms. The minimum absolute atomic E-state index is 0.133. The molecule has 0 saturated heterocycles. The van der Waals surface area contributed by atoms with Gasteiger partial charge in [-0.25, -0.2) is 4.98 Å². The molecule has 0 saturated carbocycles. The molecular weight excluding hydrogens is 418 g/mol. The number of H-pyrrole nitrogens is 1. The third kappa shape index (κ3) is 4.49. The van der Waals surface area contributed by atoms with E-state index in [-0.39, 0.29) is 12.5 Å². The SMILES string of the molecule is C=CCn1c(-c2sc(NC(=O)COc3ccc(Cl)cc3C)nc2C)n[nH]c1=S. The molecule has 7 nitrogen and oxygen atoms in total. The van der Waals surface area contributed by atoms with Gasteiger partial charge in [0.1, 0.15) is 5.75 Å². The maximum Gasteiger partial charge on any atom is 0.264 e. The summed E-state index contributed by atoms with van der Waals surface area (Å²) in [5.74, 6) is 0.962. The van der Waals surface area contributed by atoms with Crippen molar-refractivity contribution in [3.8, 4) is 16.5 Å². The molecule has 0 atom stereocenters. The molecule has 2 N–H and O–H groups in total. The molecule has 10 heteroatoms. The van der Waals surface area contributed by atoms with E-state index in [1.807, 2.05) is 18.4 Å². The Morgan fingerprint density at radius 3 is 3.00 bits per heavy atom. The highest BCUT2D eigenvalue weighted by Gasteiger charge is 2.17. The summed E-state index contributed by atoms with van der Waals surface area (Å²) in [4.78, 5) is 17.5. The van der Waals surface area contributed by atoms with E-state index in [2.05, 4.69) is 27.1 Å². The standard InChI is InChI=1S/C18H18ClN5O2S2/c1-4-7-24-16(22-23-18(24)27)15-11(3)20-17(28-15)21-14(25)9-26-13-6-5-12(19)8-10(13)2/h4-6,8H,1,7,9H2,2-3H3,(H,23,27)(H,20,21,25). The zero-order valence-corrected chi connectivity index (χ0v) is 17.7. The number of carbonyl (C=O) groups excluding carboxylic acids is 1. The summed E-state index contributed by atoms with van der Waals surface area (Å²) in [7, 11) is 0. The first-order valence-corrected chi connectivity index (χ1v) is 9.92. The number of carbonyl (C=O) groups is 1. The molecule has 0 aliphatic carbocycles. The molecule has 0 spiro atoms. The van der Waals surface area contributed by atoms with Crippen molar-refractivity contribution in [2.45, 2.75) is 20.4 Å². The Bertz CT molecular complexity index is 1090. The summed E-state index contributed by atoms with van der Waals surface area (Å²) in [6.45, 7) is 7.85. The Morgan fingerprint density at radius 2 is 2.29 bits per heavy atom. The number of nitrogens with one attached hydrogen (secondary N) is 2. The van der Waals surface area contributed by atoms with Crippen molar-refractivity contribution < 1.29 is 9.53 Å². The summed E-state index contributed by atoms with van der Waals surface area (Å²) < 4.78 is 7.88. The van der Waals surface area contributed by atoms with Crippen LogP contribution in [0.25, 0.3) is 10.7 Å². The first-order chi connectivity index (χ1) is 13.4. The van der Waals surface area contributed by atoms with E-state index in [1.54, 1.807) is 24.3 Å². The lowest BCUT2D eigenvalue weighted by Crippen LogP contribution is -2.20. The third-order valence-electron chi connectivity index (χ3n) is 3.81. The number of halogens is 1. The topological polar surface area (TPSA) is 84.8 Å². The van der Waals surface area contributed by atoms with Crippen molar-refractivity contribution in [1.82, 2.24) is 19.7 Å². The highest BCUT2D eigenvalue weighted by molar-refractivity contribution is 7.71. The van der Waals surface area contributed by atoms with Crippen LogP contribution in [0.1, 0.15) is 11.3 Å². The van der Waals surface area contributed by atoms with Crippen molar-refractivity contribution in [3.05, 3.63) is 51.9 Å². The molecule has 146 valence electrons. The lowest BCUT2D eigenvalue weighted by atomic mass is 10.2. The number of allylic oxidation sites excluding steroid dienone is 1.